The number of carbonyl (C=O) groups is 1. The van der Waals surface area contributed by atoms with E-state index in [4.69, 9.17) is 0 Å². The summed E-state index contributed by atoms with van der Waals surface area (Å²) in [6.07, 6.45) is 1.97. The lowest BCUT2D eigenvalue weighted by molar-refractivity contribution is -0.127. The molecule has 21 heavy (non-hydrogen) atoms. The molecule has 0 aromatic heterocycles. The predicted octanol–water partition coefficient (Wildman–Crippen LogP) is 3.16. The Bertz CT molecular complexity index is 659. The summed E-state index contributed by atoms with van der Waals surface area (Å²) in [7, 11) is 0. The SMILES string of the molecule is CC(NC(=O)[C@]1(C)CCCN1)c1ccc2ccccc2c1. The molecule has 3 nitrogen and oxygen atoms in total. The van der Waals surface area contributed by atoms with Crippen molar-refractivity contribution in [2.24, 2.45) is 0 Å². The number of hydrogen-bond acceptors (Lipinski definition) is 2. The minimum Gasteiger partial charge on any atom is -0.348 e. The molecule has 1 amide bonds. The summed E-state index contributed by atoms with van der Waals surface area (Å²) in [5, 5.41) is 8.88. The van der Waals surface area contributed by atoms with E-state index in [9.17, 15) is 4.79 Å². The lowest BCUT2D eigenvalue weighted by atomic mass is 9.97. The highest BCUT2D eigenvalue weighted by atomic mass is 16.2. The molecule has 1 saturated heterocycles. The second-order valence-corrected chi connectivity index (χ2v) is 6.16. The van der Waals surface area contributed by atoms with Crippen molar-refractivity contribution in [1.29, 1.82) is 0 Å². The van der Waals surface area contributed by atoms with Gasteiger partial charge in [-0.2, -0.15) is 0 Å². The molecule has 1 fully saturated rings. The number of hydrogen-bond donors (Lipinski definition) is 2. The first kappa shape index (κ1) is 14.1. The third-order valence-electron chi connectivity index (χ3n) is 4.49. The van der Waals surface area contributed by atoms with Gasteiger partial charge in [0.2, 0.25) is 5.91 Å². The topological polar surface area (TPSA) is 41.1 Å². The lowest BCUT2D eigenvalue weighted by Gasteiger charge is -2.26. The van der Waals surface area contributed by atoms with Gasteiger partial charge in [0.05, 0.1) is 11.6 Å². The van der Waals surface area contributed by atoms with Gasteiger partial charge in [0.15, 0.2) is 0 Å². The Morgan fingerprint density at radius 2 is 2.00 bits per heavy atom. The molecule has 110 valence electrons. The van der Waals surface area contributed by atoms with Crippen LogP contribution in [0.5, 0.6) is 0 Å². The molecule has 1 heterocycles. The molecule has 0 spiro atoms. The van der Waals surface area contributed by atoms with Crippen molar-refractivity contribution in [3.05, 3.63) is 48.0 Å². The first-order chi connectivity index (χ1) is 10.1. The minimum absolute atomic E-state index is 0.0151. The van der Waals surface area contributed by atoms with Gasteiger partial charge in [-0.3, -0.25) is 4.79 Å². The molecule has 0 bridgehead atoms. The summed E-state index contributed by atoms with van der Waals surface area (Å²) in [4.78, 5) is 12.4. The molecule has 0 radical (unpaired) electrons. The lowest BCUT2D eigenvalue weighted by Crippen LogP contribution is -2.51. The molecule has 0 saturated carbocycles. The van der Waals surface area contributed by atoms with E-state index >= 15 is 0 Å². The van der Waals surface area contributed by atoms with Gasteiger partial charge < -0.3 is 10.6 Å². The van der Waals surface area contributed by atoms with E-state index in [0.29, 0.717) is 0 Å². The van der Waals surface area contributed by atoms with Crippen molar-refractivity contribution in [2.45, 2.75) is 38.3 Å². The van der Waals surface area contributed by atoms with Gasteiger partial charge in [-0.15, -0.1) is 0 Å². The van der Waals surface area contributed by atoms with Crippen LogP contribution in [0.4, 0.5) is 0 Å². The fraction of sp³-hybridized carbons (Fsp3) is 0.389. The first-order valence-corrected chi connectivity index (χ1v) is 7.63. The number of carbonyl (C=O) groups excluding carboxylic acids is 1. The van der Waals surface area contributed by atoms with Crippen LogP contribution in [-0.2, 0) is 4.79 Å². The Balaban J connectivity index is 1.77. The van der Waals surface area contributed by atoms with Gasteiger partial charge in [0, 0.05) is 0 Å². The molecule has 1 aliphatic heterocycles. The van der Waals surface area contributed by atoms with Crippen molar-refractivity contribution < 1.29 is 4.79 Å². The molecular formula is C18H22N2O. The predicted molar refractivity (Wildman–Crippen MR) is 86.1 cm³/mol. The summed E-state index contributed by atoms with van der Waals surface area (Å²) in [6.45, 7) is 4.96. The Hall–Kier alpha value is -1.87. The quantitative estimate of drug-likeness (QED) is 0.908. The fourth-order valence-electron chi connectivity index (χ4n) is 3.00. The third kappa shape index (κ3) is 2.79. The standard InChI is InChI=1S/C18H22N2O/c1-13(20-17(21)18(2)10-5-11-19-18)15-9-8-14-6-3-4-7-16(14)12-15/h3-4,6-9,12-13,19H,5,10-11H2,1-2H3,(H,20,21)/t13?,18-/m0/s1. The molecule has 3 rings (SSSR count). The maximum Gasteiger partial charge on any atom is 0.240 e. The molecular weight excluding hydrogens is 260 g/mol. The van der Waals surface area contributed by atoms with Crippen LogP contribution in [0.2, 0.25) is 0 Å². The van der Waals surface area contributed by atoms with Crippen LogP contribution in [0.25, 0.3) is 10.8 Å². The van der Waals surface area contributed by atoms with Crippen LogP contribution in [-0.4, -0.2) is 18.0 Å². The number of rotatable bonds is 3. The molecule has 3 heteroatoms. The average molecular weight is 282 g/mol. The van der Waals surface area contributed by atoms with Crippen molar-refractivity contribution in [3.63, 3.8) is 0 Å². The number of amides is 1. The summed E-state index contributed by atoms with van der Waals surface area (Å²) in [5.74, 6) is 0.0978. The van der Waals surface area contributed by atoms with E-state index in [1.807, 2.05) is 26.0 Å². The van der Waals surface area contributed by atoms with Crippen molar-refractivity contribution in [3.8, 4) is 0 Å². The molecule has 1 unspecified atom stereocenters. The first-order valence-electron chi connectivity index (χ1n) is 7.63. The van der Waals surface area contributed by atoms with Crippen molar-refractivity contribution >= 4 is 16.7 Å². The monoisotopic (exact) mass is 282 g/mol. The largest absolute Gasteiger partial charge is 0.348 e. The van der Waals surface area contributed by atoms with E-state index in [-0.39, 0.29) is 11.9 Å². The summed E-state index contributed by atoms with van der Waals surface area (Å²) in [6, 6.07) is 14.7. The Morgan fingerprint density at radius 1 is 1.24 bits per heavy atom. The second kappa shape index (κ2) is 5.49. The Kier molecular flexibility index (Phi) is 3.68. The molecule has 2 aromatic rings. The normalized spacial score (nSPS) is 23.1. The molecule has 1 aliphatic rings. The van der Waals surface area contributed by atoms with Gasteiger partial charge >= 0.3 is 0 Å². The smallest absolute Gasteiger partial charge is 0.240 e. The van der Waals surface area contributed by atoms with E-state index < -0.39 is 5.54 Å². The minimum atomic E-state index is -0.412. The van der Waals surface area contributed by atoms with E-state index in [0.717, 1.165) is 24.9 Å². The Labute approximate surface area is 125 Å². The zero-order valence-corrected chi connectivity index (χ0v) is 12.6. The summed E-state index contributed by atoms with van der Waals surface area (Å²) < 4.78 is 0. The van der Waals surface area contributed by atoms with Gasteiger partial charge in [0.1, 0.15) is 0 Å². The summed E-state index contributed by atoms with van der Waals surface area (Å²) in [5.41, 5.74) is 0.731. The van der Waals surface area contributed by atoms with Gasteiger partial charge in [-0.1, -0.05) is 36.4 Å². The zero-order valence-electron chi connectivity index (χ0n) is 12.6. The Morgan fingerprint density at radius 3 is 2.71 bits per heavy atom. The average Bonchev–Trinajstić information content (AvgIpc) is 2.95. The number of benzene rings is 2. The highest BCUT2D eigenvalue weighted by Crippen LogP contribution is 2.23. The number of fused-ring (bicyclic) bond motifs is 1. The zero-order chi connectivity index (χ0) is 14.9. The maximum atomic E-state index is 12.4. The molecule has 2 N–H and O–H groups in total. The van der Waals surface area contributed by atoms with Crippen LogP contribution < -0.4 is 10.6 Å². The van der Waals surface area contributed by atoms with E-state index in [2.05, 4.69) is 41.0 Å². The highest BCUT2D eigenvalue weighted by Gasteiger charge is 2.36. The molecule has 2 atom stereocenters. The highest BCUT2D eigenvalue weighted by molar-refractivity contribution is 5.87. The molecule has 2 aromatic carbocycles. The maximum absolute atomic E-state index is 12.4. The van der Waals surface area contributed by atoms with Crippen molar-refractivity contribution in [1.82, 2.24) is 10.6 Å². The van der Waals surface area contributed by atoms with Gasteiger partial charge in [-0.05, 0) is 55.6 Å². The summed E-state index contributed by atoms with van der Waals surface area (Å²) >= 11 is 0. The van der Waals surface area contributed by atoms with Crippen LogP contribution in [0.15, 0.2) is 42.5 Å². The van der Waals surface area contributed by atoms with E-state index in [1.54, 1.807) is 0 Å². The van der Waals surface area contributed by atoms with E-state index in [1.165, 1.54) is 10.8 Å². The second-order valence-electron chi connectivity index (χ2n) is 6.16. The number of nitrogens with one attached hydrogen (secondary N) is 2. The fourth-order valence-corrected chi connectivity index (χ4v) is 3.00. The van der Waals surface area contributed by atoms with Crippen LogP contribution in [0, 0.1) is 0 Å². The van der Waals surface area contributed by atoms with Crippen molar-refractivity contribution in [2.75, 3.05) is 6.54 Å². The molecule has 0 aliphatic carbocycles. The van der Waals surface area contributed by atoms with Gasteiger partial charge in [0.25, 0.3) is 0 Å². The van der Waals surface area contributed by atoms with Gasteiger partial charge in [-0.25, -0.2) is 0 Å². The van der Waals surface area contributed by atoms with Crippen LogP contribution in [0.1, 0.15) is 38.3 Å². The van der Waals surface area contributed by atoms with Crippen LogP contribution >= 0.6 is 0 Å². The third-order valence-corrected chi connectivity index (χ3v) is 4.49. The van der Waals surface area contributed by atoms with Crippen LogP contribution in [0.3, 0.4) is 0 Å².